The van der Waals surface area contributed by atoms with Crippen LogP contribution in [0.2, 0.25) is 0 Å². The monoisotopic (exact) mass is 367 g/mol. The smallest absolute Gasteiger partial charge is 0.332 e. The summed E-state index contributed by atoms with van der Waals surface area (Å²) in [7, 11) is -4.66. The Labute approximate surface area is 146 Å². The topological polar surface area (TPSA) is 54.5 Å². The molecule has 0 aliphatic rings. The van der Waals surface area contributed by atoms with E-state index in [1.165, 1.54) is 12.1 Å². The van der Waals surface area contributed by atoms with E-state index in [1.807, 2.05) is 44.2 Å². The largest absolute Gasteiger partial charge is 0.341 e. The van der Waals surface area contributed by atoms with Gasteiger partial charge in [-0.1, -0.05) is 30.3 Å². The Bertz CT molecular complexity index is 819. The summed E-state index contributed by atoms with van der Waals surface area (Å²) >= 11 is 0. The van der Waals surface area contributed by atoms with Gasteiger partial charge >= 0.3 is 5.76 Å². The number of alkyl halides is 2. The average Bonchev–Trinajstić information content (AvgIpc) is 2.59. The number of carbonyl (C=O) groups excluding carboxylic acids is 1. The molecule has 0 aromatic heterocycles. The minimum absolute atomic E-state index is 0.0859. The maximum Gasteiger partial charge on any atom is 0.341 e. The van der Waals surface area contributed by atoms with E-state index in [0.717, 1.165) is 17.7 Å². The molecule has 2 aromatic rings. The zero-order valence-electron chi connectivity index (χ0n) is 13.9. The van der Waals surface area contributed by atoms with Gasteiger partial charge in [-0.25, -0.2) is 8.42 Å². The van der Waals surface area contributed by atoms with Crippen LogP contribution in [0.5, 0.6) is 0 Å². The van der Waals surface area contributed by atoms with Crippen molar-refractivity contribution in [2.75, 3.05) is 0 Å². The highest BCUT2D eigenvalue weighted by atomic mass is 32.2. The Morgan fingerprint density at radius 1 is 1.00 bits per heavy atom. The Balaban J connectivity index is 2.25. The van der Waals surface area contributed by atoms with Gasteiger partial charge < -0.3 is 4.90 Å². The minimum atomic E-state index is -4.66. The van der Waals surface area contributed by atoms with Crippen LogP contribution < -0.4 is 0 Å². The summed E-state index contributed by atoms with van der Waals surface area (Å²) in [6.07, 6.45) is 0. The number of sulfone groups is 1. The molecule has 0 unspecified atom stereocenters. The van der Waals surface area contributed by atoms with Crippen molar-refractivity contribution in [2.45, 2.75) is 37.1 Å². The molecule has 0 aliphatic carbocycles. The standard InChI is InChI=1S/C18H19F2NO3S/c1-13(2)21(12-14-6-4-3-5-7-14)17(22)15-8-10-16(11-9-15)25(23,24)18(19)20/h3-11,13,18H,12H2,1-2H3. The van der Waals surface area contributed by atoms with E-state index in [0.29, 0.717) is 6.54 Å². The van der Waals surface area contributed by atoms with Gasteiger partial charge in [-0.05, 0) is 43.7 Å². The molecule has 0 fully saturated rings. The van der Waals surface area contributed by atoms with E-state index in [9.17, 15) is 22.0 Å². The third-order valence-electron chi connectivity index (χ3n) is 3.74. The van der Waals surface area contributed by atoms with Crippen LogP contribution in [0.15, 0.2) is 59.5 Å². The zero-order valence-corrected chi connectivity index (χ0v) is 14.7. The first-order chi connectivity index (χ1) is 11.7. The average molecular weight is 367 g/mol. The van der Waals surface area contributed by atoms with Crippen LogP contribution in [0.1, 0.15) is 29.8 Å². The fourth-order valence-electron chi connectivity index (χ4n) is 2.32. The maximum atomic E-state index is 12.7. The molecule has 4 nitrogen and oxygen atoms in total. The van der Waals surface area contributed by atoms with Gasteiger partial charge in [-0.3, -0.25) is 4.79 Å². The van der Waals surface area contributed by atoms with Crippen LogP contribution in [0, 0.1) is 0 Å². The van der Waals surface area contributed by atoms with Crippen molar-refractivity contribution in [2.24, 2.45) is 0 Å². The highest BCUT2D eigenvalue weighted by Crippen LogP contribution is 2.20. The van der Waals surface area contributed by atoms with Gasteiger partial charge in [0.15, 0.2) is 0 Å². The van der Waals surface area contributed by atoms with Gasteiger partial charge in [-0.15, -0.1) is 0 Å². The summed E-state index contributed by atoms with van der Waals surface area (Å²) in [6, 6.07) is 14.0. The summed E-state index contributed by atoms with van der Waals surface area (Å²) < 4.78 is 48.0. The van der Waals surface area contributed by atoms with Gasteiger partial charge in [0.25, 0.3) is 5.91 Å². The lowest BCUT2D eigenvalue weighted by Crippen LogP contribution is -2.36. The minimum Gasteiger partial charge on any atom is -0.332 e. The predicted octanol–water partition coefficient (Wildman–Crippen LogP) is 3.73. The number of carbonyl (C=O) groups is 1. The third kappa shape index (κ3) is 4.42. The lowest BCUT2D eigenvalue weighted by Gasteiger charge is -2.27. The second-order valence-electron chi connectivity index (χ2n) is 5.84. The quantitative estimate of drug-likeness (QED) is 0.782. The van der Waals surface area contributed by atoms with Gasteiger partial charge in [0, 0.05) is 18.2 Å². The van der Waals surface area contributed by atoms with Crippen molar-refractivity contribution in [3.05, 3.63) is 65.7 Å². The normalized spacial score (nSPS) is 11.8. The van der Waals surface area contributed by atoms with Crippen LogP contribution in [-0.2, 0) is 16.4 Å². The van der Waals surface area contributed by atoms with Gasteiger partial charge in [0.1, 0.15) is 0 Å². The van der Waals surface area contributed by atoms with Crippen molar-refractivity contribution >= 4 is 15.7 Å². The van der Waals surface area contributed by atoms with E-state index in [4.69, 9.17) is 0 Å². The number of amides is 1. The maximum absolute atomic E-state index is 12.7. The molecule has 0 atom stereocenters. The molecule has 0 aliphatic heterocycles. The molecular weight excluding hydrogens is 348 g/mol. The number of hydrogen-bond acceptors (Lipinski definition) is 3. The van der Waals surface area contributed by atoms with Crippen LogP contribution in [0.25, 0.3) is 0 Å². The van der Waals surface area contributed by atoms with E-state index < -0.39 is 20.5 Å². The lowest BCUT2D eigenvalue weighted by molar-refractivity contribution is 0.0690. The van der Waals surface area contributed by atoms with Gasteiger partial charge in [0.05, 0.1) is 4.90 Å². The van der Waals surface area contributed by atoms with E-state index in [1.54, 1.807) is 4.90 Å². The number of rotatable bonds is 6. The fraction of sp³-hybridized carbons (Fsp3) is 0.278. The van der Waals surface area contributed by atoms with Crippen molar-refractivity contribution in [3.63, 3.8) is 0 Å². The Hall–Kier alpha value is -2.28. The second-order valence-corrected chi connectivity index (χ2v) is 7.76. The van der Waals surface area contributed by atoms with Crippen molar-refractivity contribution < 1.29 is 22.0 Å². The summed E-state index contributed by atoms with van der Waals surface area (Å²) in [4.78, 5) is 13.8. The molecular formula is C18H19F2NO3S. The van der Waals surface area contributed by atoms with E-state index in [-0.39, 0.29) is 17.5 Å². The van der Waals surface area contributed by atoms with Gasteiger partial charge in [-0.2, -0.15) is 8.78 Å². The van der Waals surface area contributed by atoms with Crippen LogP contribution in [0.4, 0.5) is 8.78 Å². The fourth-order valence-corrected chi connectivity index (χ4v) is 3.05. The molecule has 7 heteroatoms. The molecule has 25 heavy (non-hydrogen) atoms. The van der Waals surface area contributed by atoms with Crippen LogP contribution in [0.3, 0.4) is 0 Å². The van der Waals surface area contributed by atoms with E-state index in [2.05, 4.69) is 0 Å². The molecule has 0 radical (unpaired) electrons. The first-order valence-electron chi connectivity index (χ1n) is 7.70. The zero-order chi connectivity index (χ0) is 18.6. The molecule has 0 heterocycles. The lowest BCUT2D eigenvalue weighted by atomic mass is 10.1. The molecule has 2 rings (SSSR count). The van der Waals surface area contributed by atoms with Crippen molar-refractivity contribution in [1.29, 1.82) is 0 Å². The molecule has 134 valence electrons. The number of nitrogens with zero attached hydrogens (tertiary/aromatic N) is 1. The van der Waals surface area contributed by atoms with Crippen LogP contribution >= 0.6 is 0 Å². The number of hydrogen-bond donors (Lipinski definition) is 0. The molecule has 0 saturated heterocycles. The molecule has 1 amide bonds. The highest BCUT2D eigenvalue weighted by Gasteiger charge is 2.27. The van der Waals surface area contributed by atoms with Crippen molar-refractivity contribution in [3.8, 4) is 0 Å². The summed E-state index contributed by atoms with van der Waals surface area (Å²) in [5.41, 5.74) is 1.21. The van der Waals surface area contributed by atoms with Crippen molar-refractivity contribution in [1.82, 2.24) is 4.90 Å². The molecule has 0 spiro atoms. The predicted molar refractivity (Wildman–Crippen MR) is 91.1 cm³/mol. The van der Waals surface area contributed by atoms with E-state index >= 15 is 0 Å². The third-order valence-corrected chi connectivity index (χ3v) is 5.14. The molecule has 2 aromatic carbocycles. The summed E-state index contributed by atoms with van der Waals surface area (Å²) in [5.74, 6) is -3.78. The Kier molecular flexibility index (Phi) is 5.89. The van der Waals surface area contributed by atoms with Crippen LogP contribution in [-0.4, -0.2) is 31.0 Å². The number of benzene rings is 2. The first-order valence-corrected chi connectivity index (χ1v) is 9.25. The molecule has 0 N–H and O–H groups in total. The second kappa shape index (κ2) is 7.74. The molecule has 0 bridgehead atoms. The first kappa shape index (κ1) is 19.1. The number of halogens is 2. The SMILES string of the molecule is CC(C)N(Cc1ccccc1)C(=O)c1ccc(S(=O)(=O)C(F)F)cc1. The molecule has 0 saturated carbocycles. The Morgan fingerprint density at radius 2 is 1.56 bits per heavy atom. The summed E-state index contributed by atoms with van der Waals surface area (Å²) in [6.45, 7) is 4.14. The van der Waals surface area contributed by atoms with Gasteiger partial charge in [0.2, 0.25) is 9.84 Å². The summed E-state index contributed by atoms with van der Waals surface area (Å²) in [5, 5.41) is 0. The Morgan fingerprint density at radius 3 is 2.04 bits per heavy atom. The highest BCUT2D eigenvalue weighted by molar-refractivity contribution is 7.91.